The molecule has 8 nitrogen and oxygen atoms in total. The van der Waals surface area contributed by atoms with Gasteiger partial charge in [-0.25, -0.2) is 9.97 Å². The monoisotopic (exact) mass is 474 g/mol. The molecule has 1 atom stereocenters. The Morgan fingerprint density at radius 3 is 2.66 bits per heavy atom. The summed E-state index contributed by atoms with van der Waals surface area (Å²) >= 11 is 12.6. The van der Waals surface area contributed by atoms with Gasteiger partial charge in [0, 0.05) is 55.2 Å². The van der Waals surface area contributed by atoms with Crippen molar-refractivity contribution >= 4 is 40.8 Å². The molecule has 0 bridgehead atoms. The molecule has 3 heterocycles. The molecule has 32 heavy (non-hydrogen) atoms. The van der Waals surface area contributed by atoms with Crippen LogP contribution in [-0.2, 0) is 11.3 Å². The van der Waals surface area contributed by atoms with E-state index in [0.717, 1.165) is 12.0 Å². The van der Waals surface area contributed by atoms with Gasteiger partial charge in [0.15, 0.2) is 0 Å². The van der Waals surface area contributed by atoms with E-state index in [0.29, 0.717) is 45.7 Å². The van der Waals surface area contributed by atoms with Crippen molar-refractivity contribution in [3.63, 3.8) is 0 Å². The van der Waals surface area contributed by atoms with Gasteiger partial charge < -0.3 is 15.5 Å². The number of nitrogens with two attached hydrogens (primary N) is 1. The number of hydrogen-bond acceptors (Lipinski definition) is 5. The predicted octanol–water partition coefficient (Wildman–Crippen LogP) is 3.16. The molecule has 1 aliphatic heterocycles. The average Bonchev–Trinajstić information content (AvgIpc) is 3.39. The second-order valence-corrected chi connectivity index (χ2v) is 8.88. The third-order valence-corrected chi connectivity index (χ3v) is 6.32. The summed E-state index contributed by atoms with van der Waals surface area (Å²) in [5.74, 6) is -0.0281. The number of nitrogens with zero attached hydrogens (tertiary/aromatic N) is 5. The molecule has 2 N–H and O–H groups in total. The van der Waals surface area contributed by atoms with Crippen molar-refractivity contribution < 1.29 is 9.59 Å². The van der Waals surface area contributed by atoms with Crippen molar-refractivity contribution in [1.82, 2.24) is 24.2 Å². The number of imidazole rings is 1. The van der Waals surface area contributed by atoms with E-state index in [1.54, 1.807) is 41.7 Å². The number of carbonyl (C=O) groups is 2. The first kappa shape index (κ1) is 22.5. The summed E-state index contributed by atoms with van der Waals surface area (Å²) in [7, 11) is 3.38. The molecular weight excluding hydrogens is 451 g/mol. The number of likely N-dealkylation sites (N-methyl/N-ethyl adjacent to an activating group) is 1. The molecule has 168 valence electrons. The van der Waals surface area contributed by atoms with E-state index in [1.807, 2.05) is 13.0 Å². The number of aryl methyl sites for hydroxylation is 1. The fraction of sp³-hybridized carbons (Fsp3) is 0.364. The van der Waals surface area contributed by atoms with E-state index < -0.39 is 6.04 Å². The lowest BCUT2D eigenvalue weighted by atomic mass is 10.0. The SMILES string of the molecule is Cc1nc2nc(C(=O)N3CCC[C@H]3C(=O)N(C)C)cn2c(-c2ccc(Cl)cc2Cl)c1CN. The standard InChI is InChI=1S/C22H24Cl2N6O2/c1-12-15(10-25)19(14-7-6-13(23)9-16(14)24)30-11-17(27-22(30)26-12)20(31)29-8-4-5-18(29)21(32)28(2)3/h6-7,9,11,18H,4-5,8,10,25H2,1-3H3/t18-/m0/s1. The molecule has 2 amide bonds. The lowest BCUT2D eigenvalue weighted by Gasteiger charge is -2.25. The molecule has 3 aromatic rings. The van der Waals surface area contributed by atoms with E-state index in [4.69, 9.17) is 28.9 Å². The summed E-state index contributed by atoms with van der Waals surface area (Å²) in [4.78, 5) is 38.0. The highest BCUT2D eigenvalue weighted by molar-refractivity contribution is 6.36. The Morgan fingerprint density at radius 1 is 1.25 bits per heavy atom. The Morgan fingerprint density at radius 2 is 2.00 bits per heavy atom. The zero-order valence-electron chi connectivity index (χ0n) is 18.1. The van der Waals surface area contributed by atoms with Gasteiger partial charge in [-0.1, -0.05) is 23.2 Å². The molecule has 0 unspecified atom stereocenters. The van der Waals surface area contributed by atoms with Crippen LogP contribution < -0.4 is 5.73 Å². The van der Waals surface area contributed by atoms with E-state index in [2.05, 4.69) is 9.97 Å². The third-order valence-electron chi connectivity index (χ3n) is 5.77. The lowest BCUT2D eigenvalue weighted by molar-refractivity contribution is -0.132. The van der Waals surface area contributed by atoms with E-state index in [-0.39, 0.29) is 24.1 Å². The van der Waals surface area contributed by atoms with Crippen molar-refractivity contribution in [2.75, 3.05) is 20.6 Å². The number of benzene rings is 1. The second kappa shape index (κ2) is 8.69. The number of rotatable bonds is 4. The number of fused-ring (bicyclic) bond motifs is 1. The van der Waals surface area contributed by atoms with Crippen LogP contribution in [0.3, 0.4) is 0 Å². The normalized spacial score (nSPS) is 16.1. The van der Waals surface area contributed by atoms with Gasteiger partial charge in [0.25, 0.3) is 5.91 Å². The Kier molecular flexibility index (Phi) is 6.11. The van der Waals surface area contributed by atoms with Crippen molar-refractivity contribution in [1.29, 1.82) is 0 Å². The third kappa shape index (κ3) is 3.83. The van der Waals surface area contributed by atoms with Crippen LogP contribution in [0.25, 0.3) is 17.0 Å². The Balaban J connectivity index is 1.84. The molecule has 4 rings (SSSR count). The zero-order valence-corrected chi connectivity index (χ0v) is 19.6. The number of aromatic nitrogens is 3. The van der Waals surface area contributed by atoms with E-state index in [9.17, 15) is 9.59 Å². The molecule has 0 aliphatic carbocycles. The highest BCUT2D eigenvalue weighted by atomic mass is 35.5. The first-order valence-corrected chi connectivity index (χ1v) is 11.0. The molecule has 0 radical (unpaired) electrons. The smallest absolute Gasteiger partial charge is 0.274 e. The average molecular weight is 475 g/mol. The maximum atomic E-state index is 13.3. The van der Waals surface area contributed by atoms with Gasteiger partial charge >= 0.3 is 0 Å². The topological polar surface area (TPSA) is 96.8 Å². The minimum atomic E-state index is -0.484. The van der Waals surface area contributed by atoms with Gasteiger partial charge in [0.1, 0.15) is 11.7 Å². The minimum absolute atomic E-state index is 0.0902. The van der Waals surface area contributed by atoms with Crippen molar-refractivity contribution in [3.8, 4) is 11.3 Å². The molecule has 1 aliphatic rings. The summed E-state index contributed by atoms with van der Waals surface area (Å²) in [6, 6.07) is 4.73. The van der Waals surface area contributed by atoms with Gasteiger partial charge in [-0.05, 0) is 38.0 Å². The zero-order chi connectivity index (χ0) is 23.2. The van der Waals surface area contributed by atoms with Gasteiger partial charge in [-0.3, -0.25) is 14.0 Å². The fourth-order valence-electron chi connectivity index (χ4n) is 4.18. The first-order chi connectivity index (χ1) is 15.2. The van der Waals surface area contributed by atoms with Crippen molar-refractivity contribution in [2.45, 2.75) is 32.4 Å². The number of halogens is 2. The Bertz CT molecular complexity index is 1220. The van der Waals surface area contributed by atoms with Crippen LogP contribution in [0.15, 0.2) is 24.4 Å². The minimum Gasteiger partial charge on any atom is -0.347 e. The van der Waals surface area contributed by atoms with Crippen LogP contribution >= 0.6 is 23.2 Å². The van der Waals surface area contributed by atoms with Crippen LogP contribution in [0.4, 0.5) is 0 Å². The number of hydrogen-bond donors (Lipinski definition) is 1. The highest BCUT2D eigenvalue weighted by Gasteiger charge is 2.36. The summed E-state index contributed by atoms with van der Waals surface area (Å²) in [5, 5.41) is 0.971. The summed E-state index contributed by atoms with van der Waals surface area (Å²) in [5.41, 5.74) is 9.18. The number of amides is 2. The summed E-state index contributed by atoms with van der Waals surface area (Å²) in [6.45, 7) is 2.58. The van der Waals surface area contributed by atoms with Crippen LogP contribution in [-0.4, -0.2) is 62.7 Å². The summed E-state index contributed by atoms with van der Waals surface area (Å²) in [6.07, 6.45) is 3.04. The molecule has 1 aromatic carbocycles. The first-order valence-electron chi connectivity index (χ1n) is 10.3. The van der Waals surface area contributed by atoms with Gasteiger partial charge in [-0.15, -0.1) is 0 Å². The van der Waals surface area contributed by atoms with Crippen molar-refractivity contribution in [2.24, 2.45) is 5.73 Å². The number of likely N-dealkylation sites (tertiary alicyclic amines) is 1. The van der Waals surface area contributed by atoms with Gasteiger partial charge in [0.2, 0.25) is 11.7 Å². The van der Waals surface area contributed by atoms with Gasteiger partial charge in [-0.2, -0.15) is 0 Å². The molecule has 0 spiro atoms. The summed E-state index contributed by atoms with van der Waals surface area (Å²) < 4.78 is 1.73. The molecule has 1 fully saturated rings. The van der Waals surface area contributed by atoms with Crippen LogP contribution in [0.2, 0.25) is 10.0 Å². The Labute approximate surface area is 195 Å². The fourth-order valence-corrected chi connectivity index (χ4v) is 4.68. The van der Waals surface area contributed by atoms with Gasteiger partial charge in [0.05, 0.1) is 10.7 Å². The van der Waals surface area contributed by atoms with E-state index >= 15 is 0 Å². The second-order valence-electron chi connectivity index (χ2n) is 8.04. The number of carbonyl (C=O) groups excluding carboxylic acids is 2. The molecular formula is C22H24Cl2N6O2. The predicted molar refractivity (Wildman–Crippen MR) is 124 cm³/mol. The van der Waals surface area contributed by atoms with Crippen molar-refractivity contribution in [3.05, 3.63) is 51.4 Å². The molecule has 10 heteroatoms. The van der Waals surface area contributed by atoms with Crippen LogP contribution in [0.5, 0.6) is 0 Å². The molecule has 2 aromatic heterocycles. The largest absolute Gasteiger partial charge is 0.347 e. The van der Waals surface area contributed by atoms with E-state index in [1.165, 1.54) is 4.90 Å². The Hall–Kier alpha value is -2.68. The maximum Gasteiger partial charge on any atom is 0.274 e. The highest BCUT2D eigenvalue weighted by Crippen LogP contribution is 2.34. The lowest BCUT2D eigenvalue weighted by Crippen LogP contribution is -2.45. The maximum absolute atomic E-state index is 13.3. The van der Waals surface area contributed by atoms with Crippen LogP contribution in [0, 0.1) is 6.92 Å². The quantitative estimate of drug-likeness (QED) is 0.626. The molecule has 1 saturated heterocycles. The molecule has 0 saturated carbocycles. The van der Waals surface area contributed by atoms with Crippen LogP contribution in [0.1, 0.15) is 34.6 Å².